The molecule has 0 spiro atoms. The first-order chi connectivity index (χ1) is 39.5. The maximum atomic E-state index is 13.4. The smallest absolute Gasteiger partial charge is 0.306 e. The van der Waals surface area contributed by atoms with Crippen LogP contribution in [0.25, 0.3) is 0 Å². The number of hydrogen-bond acceptors (Lipinski definition) is 12. The maximum Gasteiger partial charge on any atom is 0.306 e. The van der Waals surface area contributed by atoms with Gasteiger partial charge in [-0.05, 0) is 183 Å². The molecule has 18 atom stereocenters. The van der Waals surface area contributed by atoms with Crippen LogP contribution < -0.4 is 4.89 Å². The molecule has 8 rings (SSSR count). The Hall–Kier alpha value is -2.57. The number of phosphoric ester groups is 1. The lowest BCUT2D eigenvalue weighted by Gasteiger charge is -2.58. The van der Waals surface area contributed by atoms with Crippen LogP contribution in [-0.2, 0) is 51.7 Å². The number of carbonyl (C=O) groups excluding carboxylic acids is 4. The summed E-state index contributed by atoms with van der Waals surface area (Å²) in [7, 11) is 0.853. The molecule has 6 fully saturated rings. The SMILES string of the molecule is CC(C)CCC[C@@H](C)[C@H]1CC[C@H]2[C@@H]3CC=C4C[C@H](OC(=O)CCC(=O)OCC(COP(=O)([O-])OCC[N+](C)(C)C)OC(=O)CCC(=O)O[C@H]5CC[C@@]6(C)C(=CC[C@H]7[C@@H]8CC[C@H]([C@H](C)CCCC(C)C)[C@@]8(C)CC[C@@H]76)C5)CC[C@]4(C)[C@H]3CC[C@]12C. The normalized spacial score (nSPS) is 36.2. The van der Waals surface area contributed by atoms with Crippen molar-refractivity contribution in [1.82, 2.24) is 0 Å². The number of phosphoric acid groups is 1. The monoisotopic (exact) mass is 1190 g/mol. The molecule has 0 aromatic rings. The molecular weight excluding hydrogens is 1080 g/mol. The van der Waals surface area contributed by atoms with Gasteiger partial charge < -0.3 is 37.4 Å². The molecular formula is C70H116NO12P. The van der Waals surface area contributed by atoms with Gasteiger partial charge in [-0.3, -0.25) is 23.7 Å². The van der Waals surface area contributed by atoms with Crippen LogP contribution >= 0.6 is 7.82 Å². The van der Waals surface area contributed by atoms with Gasteiger partial charge in [0, 0.05) is 12.8 Å². The van der Waals surface area contributed by atoms with Crippen LogP contribution in [0.4, 0.5) is 0 Å². The fourth-order valence-electron chi connectivity index (χ4n) is 19.7. The summed E-state index contributed by atoms with van der Waals surface area (Å²) in [5.41, 5.74) is 3.91. The predicted molar refractivity (Wildman–Crippen MR) is 328 cm³/mol. The number of nitrogens with zero attached hydrogens (tertiary/aromatic N) is 1. The van der Waals surface area contributed by atoms with E-state index in [9.17, 15) is 28.6 Å². The predicted octanol–water partition coefficient (Wildman–Crippen LogP) is 15.1. The second kappa shape index (κ2) is 28.1. The molecule has 0 aromatic carbocycles. The average molecular weight is 1190 g/mol. The van der Waals surface area contributed by atoms with Crippen molar-refractivity contribution in [3.8, 4) is 0 Å². The minimum atomic E-state index is -4.84. The molecule has 2 unspecified atom stereocenters. The standard InChI is InChI=1S/C70H116NO12P/c1-46(2)16-14-18-48(5)57-24-26-59-55-22-20-50-42-52(32-36-67(50,7)61(55)34-38-69(57,59)9)81-64(73)29-28-63(72)78-44-54(45-80-84(76,77)79-41-40-71(11,12)13)83-66(75)31-30-65(74)82-53-33-37-68(8)51(43-53)21-23-56-60-27-25-58(49(6)19-15-17-47(3)4)70(60,10)39-35-62(56)68/h20-21,46-49,52-62H,14-19,22-45H2,1-13H3/t48-,49-,52-,53+,54?,55+,56+,57-,58-,59+,60+,61+,62+,67+,68+,69-,70-/m1/s1. The lowest BCUT2D eigenvalue weighted by molar-refractivity contribution is -0.870. The number of hydrogen-bond donors (Lipinski definition) is 0. The van der Waals surface area contributed by atoms with E-state index < -0.39 is 51.0 Å². The number of esters is 4. The Balaban J connectivity index is 0.781. The van der Waals surface area contributed by atoms with Crippen LogP contribution in [0.1, 0.15) is 236 Å². The van der Waals surface area contributed by atoms with E-state index >= 15 is 0 Å². The minimum absolute atomic E-state index is 0.103. The second-order valence-electron chi connectivity index (χ2n) is 31.7. The van der Waals surface area contributed by atoms with E-state index in [4.69, 9.17) is 28.0 Å². The van der Waals surface area contributed by atoms with Crippen LogP contribution in [0, 0.1) is 92.7 Å². The maximum absolute atomic E-state index is 13.4. The van der Waals surface area contributed by atoms with Gasteiger partial charge in [0.1, 0.15) is 32.0 Å². The summed E-state index contributed by atoms with van der Waals surface area (Å²) in [4.78, 5) is 65.9. The van der Waals surface area contributed by atoms with Crippen LogP contribution in [0.2, 0.25) is 0 Å². The van der Waals surface area contributed by atoms with Crippen molar-refractivity contribution in [2.45, 2.75) is 254 Å². The third-order valence-electron chi connectivity index (χ3n) is 24.3. The zero-order chi connectivity index (χ0) is 61.0. The quantitative estimate of drug-likeness (QED) is 0.0240. The highest BCUT2D eigenvalue weighted by atomic mass is 31.2. The summed E-state index contributed by atoms with van der Waals surface area (Å²) in [6.45, 7) is 23.7. The van der Waals surface area contributed by atoms with Crippen molar-refractivity contribution in [2.75, 3.05) is 47.5 Å². The van der Waals surface area contributed by atoms with Crippen molar-refractivity contribution in [3.05, 3.63) is 23.3 Å². The van der Waals surface area contributed by atoms with Crippen LogP contribution in [-0.4, -0.2) is 94.2 Å². The number of fused-ring (bicyclic) bond motifs is 10. The molecule has 0 radical (unpaired) electrons. The summed E-state index contributed by atoms with van der Waals surface area (Å²) >= 11 is 0. The molecule has 478 valence electrons. The average Bonchev–Trinajstić information content (AvgIpc) is 2.07. The summed E-state index contributed by atoms with van der Waals surface area (Å²) < 4.78 is 46.6. The van der Waals surface area contributed by atoms with E-state index in [1.807, 2.05) is 21.1 Å². The first kappa shape index (κ1) is 67.4. The molecule has 6 saturated carbocycles. The first-order valence-corrected chi connectivity index (χ1v) is 35.5. The highest BCUT2D eigenvalue weighted by molar-refractivity contribution is 7.45. The van der Waals surface area contributed by atoms with Gasteiger partial charge >= 0.3 is 23.9 Å². The largest absolute Gasteiger partial charge is 0.756 e. The van der Waals surface area contributed by atoms with Gasteiger partial charge in [-0.1, -0.05) is 131 Å². The fourth-order valence-corrected chi connectivity index (χ4v) is 20.4. The summed E-state index contributed by atoms with van der Waals surface area (Å²) in [5, 5.41) is 0. The minimum Gasteiger partial charge on any atom is -0.756 e. The molecule has 14 heteroatoms. The number of quaternary nitrogens is 1. The van der Waals surface area contributed by atoms with Crippen LogP contribution in [0.5, 0.6) is 0 Å². The summed E-state index contributed by atoms with van der Waals surface area (Å²) in [6, 6.07) is 0. The van der Waals surface area contributed by atoms with E-state index in [1.165, 1.54) is 101 Å². The molecule has 84 heavy (non-hydrogen) atoms. The molecule has 0 aromatic heterocycles. The van der Waals surface area contributed by atoms with Gasteiger partial charge in [0.25, 0.3) is 7.82 Å². The number of likely N-dealkylation sites (N-methyl/N-ethyl adjacent to an activating group) is 1. The molecule has 0 bridgehead atoms. The molecule has 0 heterocycles. The first-order valence-electron chi connectivity index (χ1n) is 34.1. The molecule has 8 aliphatic rings. The Kier molecular flexibility index (Phi) is 22.5. The Bertz CT molecular complexity index is 2380. The second-order valence-corrected chi connectivity index (χ2v) is 33.1. The summed E-state index contributed by atoms with van der Waals surface area (Å²) in [5.74, 6) is 6.46. The molecule has 0 N–H and O–H groups in total. The van der Waals surface area contributed by atoms with E-state index in [-0.39, 0.29) is 55.3 Å². The van der Waals surface area contributed by atoms with Gasteiger partial charge in [-0.15, -0.1) is 0 Å². The Morgan fingerprint density at radius 3 is 1.48 bits per heavy atom. The molecule has 0 aliphatic heterocycles. The number of rotatable bonds is 28. The molecule has 0 saturated heterocycles. The van der Waals surface area contributed by atoms with Gasteiger partial charge in [0.05, 0.1) is 53.4 Å². The number of ether oxygens (including phenoxy) is 4. The van der Waals surface area contributed by atoms with Crippen molar-refractivity contribution in [1.29, 1.82) is 0 Å². The van der Waals surface area contributed by atoms with Crippen molar-refractivity contribution >= 4 is 31.7 Å². The number of carbonyl (C=O) groups is 4. The highest BCUT2D eigenvalue weighted by Gasteiger charge is 2.61. The zero-order valence-electron chi connectivity index (χ0n) is 54.8. The van der Waals surface area contributed by atoms with E-state index in [0.717, 1.165) is 92.3 Å². The Labute approximate surface area is 508 Å². The topological polar surface area (TPSA) is 164 Å². The van der Waals surface area contributed by atoms with Crippen molar-refractivity contribution in [2.24, 2.45) is 92.7 Å². The van der Waals surface area contributed by atoms with E-state index in [2.05, 4.69) is 81.4 Å². The van der Waals surface area contributed by atoms with Gasteiger partial charge in [-0.25, -0.2) is 0 Å². The van der Waals surface area contributed by atoms with Crippen molar-refractivity contribution in [3.63, 3.8) is 0 Å². The lowest BCUT2D eigenvalue weighted by atomic mass is 9.47. The number of allylic oxidation sites excluding steroid dienone is 2. The third kappa shape index (κ3) is 16.1. The molecule has 13 nitrogen and oxygen atoms in total. The van der Waals surface area contributed by atoms with E-state index in [1.54, 1.807) is 0 Å². The highest BCUT2D eigenvalue weighted by Crippen LogP contribution is 2.69. The third-order valence-corrected chi connectivity index (χ3v) is 25.3. The molecule has 8 aliphatic carbocycles. The van der Waals surface area contributed by atoms with Crippen LogP contribution in [0.3, 0.4) is 0 Å². The van der Waals surface area contributed by atoms with Crippen LogP contribution in [0.15, 0.2) is 23.3 Å². The van der Waals surface area contributed by atoms with Gasteiger partial charge in [0.2, 0.25) is 0 Å². The lowest BCUT2D eigenvalue weighted by Crippen LogP contribution is -2.51. The summed E-state index contributed by atoms with van der Waals surface area (Å²) in [6.07, 6.45) is 27.9. The Morgan fingerprint density at radius 1 is 0.571 bits per heavy atom. The zero-order valence-corrected chi connectivity index (χ0v) is 55.7. The Morgan fingerprint density at radius 2 is 1.02 bits per heavy atom. The van der Waals surface area contributed by atoms with Crippen molar-refractivity contribution < 1.29 is 61.1 Å². The molecule has 0 amide bonds. The van der Waals surface area contributed by atoms with Gasteiger partial charge in [-0.2, -0.15) is 0 Å². The fraction of sp³-hybridized carbons (Fsp3) is 0.886. The van der Waals surface area contributed by atoms with Gasteiger partial charge in [0.15, 0.2) is 6.10 Å². The van der Waals surface area contributed by atoms with E-state index in [0.29, 0.717) is 52.0 Å².